The number of phenols is 1. The molecule has 0 aliphatic carbocycles. The van der Waals surface area contributed by atoms with Crippen LogP contribution in [0.5, 0.6) is 11.5 Å². The zero-order chi connectivity index (χ0) is 24.9. The molecule has 0 heterocycles. The monoisotopic (exact) mass is 505 g/mol. The van der Waals surface area contributed by atoms with Gasteiger partial charge in [-0.2, -0.15) is 0 Å². The molecule has 0 saturated heterocycles. The minimum absolute atomic E-state index is 0.0438. The number of ether oxygens (including phenoxy) is 1. The van der Waals surface area contributed by atoms with E-state index in [1.54, 1.807) is 24.3 Å². The minimum atomic E-state index is -3.99. The number of carbonyl (C=O) groups is 1. The first kappa shape index (κ1) is 25.5. The number of hydrogen-bond donors (Lipinski definition) is 4. The van der Waals surface area contributed by atoms with Gasteiger partial charge in [0.15, 0.2) is 0 Å². The van der Waals surface area contributed by atoms with E-state index in [0.29, 0.717) is 22.9 Å². The van der Waals surface area contributed by atoms with Gasteiger partial charge in [-0.15, -0.1) is 0 Å². The Balaban J connectivity index is 1.58. The fourth-order valence-electron chi connectivity index (χ4n) is 3.13. The van der Waals surface area contributed by atoms with Crippen molar-refractivity contribution in [2.45, 2.75) is 28.9 Å². The Morgan fingerprint density at radius 2 is 1.74 bits per heavy atom. The Bertz CT molecular complexity index is 1260. The molecule has 180 valence electrons. The van der Waals surface area contributed by atoms with Crippen molar-refractivity contribution in [3.05, 3.63) is 82.9 Å². The first-order valence-electron chi connectivity index (χ1n) is 10.3. The summed E-state index contributed by atoms with van der Waals surface area (Å²) < 4.78 is 31.3. The number of aromatic carboxylic acids is 1. The molecule has 0 spiro atoms. The number of nitrogens with one attached hydrogen (secondary N) is 1. The largest absolute Gasteiger partial charge is 0.507 e. The van der Waals surface area contributed by atoms with E-state index in [1.807, 2.05) is 6.92 Å². The number of hydrogen-bond acceptors (Lipinski definition) is 7. The lowest BCUT2D eigenvalue weighted by Gasteiger charge is -2.18. The lowest BCUT2D eigenvalue weighted by molar-refractivity contribution is 0.0693. The molecule has 0 aliphatic heterocycles. The van der Waals surface area contributed by atoms with Gasteiger partial charge in [-0.1, -0.05) is 23.7 Å². The van der Waals surface area contributed by atoms with E-state index < -0.39 is 33.2 Å². The number of carboxylic acid groups (broad SMARTS) is 1. The number of sulfone groups is 1. The van der Waals surface area contributed by atoms with Crippen LogP contribution in [0.2, 0.25) is 5.02 Å². The first-order chi connectivity index (χ1) is 16.1. The van der Waals surface area contributed by atoms with Gasteiger partial charge in [-0.05, 0) is 67.1 Å². The first-order valence-corrected chi connectivity index (χ1v) is 12.1. The average molecular weight is 506 g/mol. The molecule has 10 heteroatoms. The van der Waals surface area contributed by atoms with E-state index >= 15 is 0 Å². The van der Waals surface area contributed by atoms with Gasteiger partial charge in [0.1, 0.15) is 23.7 Å². The molecule has 0 aliphatic rings. The molecule has 2 atom stereocenters. The van der Waals surface area contributed by atoms with E-state index in [1.165, 1.54) is 24.3 Å². The number of halogens is 1. The van der Waals surface area contributed by atoms with Crippen LogP contribution in [0.25, 0.3) is 0 Å². The summed E-state index contributed by atoms with van der Waals surface area (Å²) in [5.41, 5.74) is 0.206. The maximum Gasteiger partial charge on any atom is 0.339 e. The van der Waals surface area contributed by atoms with Crippen LogP contribution < -0.4 is 10.1 Å². The van der Waals surface area contributed by atoms with Gasteiger partial charge in [0, 0.05) is 17.6 Å². The van der Waals surface area contributed by atoms with Crippen molar-refractivity contribution in [1.82, 2.24) is 5.32 Å². The minimum Gasteiger partial charge on any atom is -0.507 e. The van der Waals surface area contributed by atoms with Crippen LogP contribution in [-0.4, -0.2) is 48.9 Å². The van der Waals surface area contributed by atoms with E-state index in [9.17, 15) is 23.4 Å². The van der Waals surface area contributed by atoms with Crippen molar-refractivity contribution >= 4 is 27.4 Å². The van der Waals surface area contributed by atoms with Gasteiger partial charge in [0.05, 0.1) is 15.9 Å². The van der Waals surface area contributed by atoms with E-state index in [-0.39, 0.29) is 22.4 Å². The van der Waals surface area contributed by atoms with Crippen LogP contribution in [0.3, 0.4) is 0 Å². The summed E-state index contributed by atoms with van der Waals surface area (Å²) in [7, 11) is -3.99. The van der Waals surface area contributed by atoms with Crippen molar-refractivity contribution < 1.29 is 33.3 Å². The second-order valence-corrected chi connectivity index (χ2v) is 10.0. The fraction of sp³-hybridized carbons (Fsp3) is 0.208. The van der Waals surface area contributed by atoms with Crippen LogP contribution in [0.1, 0.15) is 28.9 Å². The fourth-order valence-corrected chi connectivity index (χ4v) is 4.61. The molecule has 0 fully saturated rings. The van der Waals surface area contributed by atoms with E-state index in [0.717, 1.165) is 18.2 Å². The molecule has 0 bridgehead atoms. The van der Waals surface area contributed by atoms with Gasteiger partial charge in [0.25, 0.3) is 0 Å². The lowest BCUT2D eigenvalue weighted by Crippen LogP contribution is -2.34. The van der Waals surface area contributed by atoms with Crippen molar-refractivity contribution in [2.75, 3.05) is 13.2 Å². The predicted molar refractivity (Wildman–Crippen MR) is 126 cm³/mol. The smallest absolute Gasteiger partial charge is 0.339 e. The summed E-state index contributed by atoms with van der Waals surface area (Å²) in [6.07, 6.45) is -0.729. The number of aliphatic hydroxyl groups excluding tert-OH is 1. The van der Waals surface area contributed by atoms with Gasteiger partial charge in [0.2, 0.25) is 9.84 Å². The molecule has 3 aromatic carbocycles. The molecule has 4 N–H and O–H groups in total. The zero-order valence-electron chi connectivity index (χ0n) is 18.2. The maximum absolute atomic E-state index is 12.8. The third kappa shape index (κ3) is 6.27. The Labute approximate surface area is 202 Å². The van der Waals surface area contributed by atoms with Crippen LogP contribution in [-0.2, 0) is 9.84 Å². The third-order valence-electron chi connectivity index (χ3n) is 5.04. The molecular formula is C24H24ClNO7S. The van der Waals surface area contributed by atoms with Gasteiger partial charge in [-0.3, -0.25) is 0 Å². The topological polar surface area (TPSA) is 133 Å². The van der Waals surface area contributed by atoms with Crippen molar-refractivity contribution in [2.24, 2.45) is 0 Å². The van der Waals surface area contributed by atoms with Gasteiger partial charge < -0.3 is 25.4 Å². The second kappa shape index (κ2) is 10.9. The third-order valence-corrected chi connectivity index (χ3v) is 7.04. The number of rotatable bonds is 10. The van der Waals surface area contributed by atoms with Crippen molar-refractivity contribution in [3.63, 3.8) is 0 Å². The number of carboxylic acids is 1. The lowest BCUT2D eigenvalue weighted by atomic mass is 10.1. The SMILES string of the molecule is C[C@H](COc1ccc(S(=O)(=O)c2ccc(O)c(C(=O)O)c2)cc1)NC[C@@H](O)c1cccc(Cl)c1. The summed E-state index contributed by atoms with van der Waals surface area (Å²) in [5.74, 6) is -1.50. The highest BCUT2D eigenvalue weighted by molar-refractivity contribution is 7.91. The normalized spacial score (nSPS) is 13.3. The quantitative estimate of drug-likeness (QED) is 0.328. The van der Waals surface area contributed by atoms with Crippen molar-refractivity contribution in [3.8, 4) is 11.5 Å². The zero-order valence-corrected chi connectivity index (χ0v) is 19.8. The Morgan fingerprint density at radius 3 is 2.38 bits per heavy atom. The van der Waals surface area contributed by atoms with Crippen LogP contribution in [0, 0.1) is 0 Å². The molecule has 3 rings (SSSR count). The standard InChI is InChI=1S/C24H24ClNO7S/c1-15(26-13-23(28)16-3-2-4-17(25)11-16)14-33-18-5-7-19(8-6-18)34(31,32)20-9-10-22(27)21(12-20)24(29)30/h2-12,15,23,26-28H,13-14H2,1H3,(H,29,30)/t15-,23-/m1/s1. The number of benzene rings is 3. The number of aromatic hydroxyl groups is 1. The highest BCUT2D eigenvalue weighted by Gasteiger charge is 2.21. The summed E-state index contributed by atoms with van der Waals surface area (Å²) in [5, 5.41) is 32.7. The summed E-state index contributed by atoms with van der Waals surface area (Å²) in [4.78, 5) is 10.9. The maximum atomic E-state index is 12.8. The molecule has 0 aromatic heterocycles. The Morgan fingerprint density at radius 1 is 1.06 bits per heavy atom. The Hall–Kier alpha value is -3.11. The Kier molecular flexibility index (Phi) is 8.16. The predicted octanol–water partition coefficient (Wildman–Crippen LogP) is 3.67. The van der Waals surface area contributed by atoms with E-state index in [2.05, 4.69) is 5.32 Å². The average Bonchev–Trinajstić information content (AvgIpc) is 2.81. The molecular weight excluding hydrogens is 482 g/mol. The highest BCUT2D eigenvalue weighted by Crippen LogP contribution is 2.27. The molecule has 0 saturated carbocycles. The van der Waals surface area contributed by atoms with Crippen molar-refractivity contribution in [1.29, 1.82) is 0 Å². The molecule has 8 nitrogen and oxygen atoms in total. The van der Waals surface area contributed by atoms with Crippen LogP contribution in [0.15, 0.2) is 76.5 Å². The molecule has 0 unspecified atom stereocenters. The molecule has 0 radical (unpaired) electrons. The number of aliphatic hydroxyl groups is 1. The van der Waals surface area contributed by atoms with E-state index in [4.69, 9.17) is 21.4 Å². The summed E-state index contributed by atoms with van der Waals surface area (Å²) >= 11 is 5.95. The van der Waals surface area contributed by atoms with Crippen LogP contribution in [0.4, 0.5) is 0 Å². The molecule has 0 amide bonds. The summed E-state index contributed by atoms with van der Waals surface area (Å²) in [6.45, 7) is 2.45. The van der Waals surface area contributed by atoms with Crippen LogP contribution >= 0.6 is 11.6 Å². The highest BCUT2D eigenvalue weighted by atomic mass is 35.5. The molecule has 3 aromatic rings. The second-order valence-electron chi connectivity index (χ2n) is 7.65. The molecule has 34 heavy (non-hydrogen) atoms. The van der Waals surface area contributed by atoms with Gasteiger partial charge in [-0.25, -0.2) is 13.2 Å². The van der Waals surface area contributed by atoms with Gasteiger partial charge >= 0.3 is 5.97 Å². The summed E-state index contributed by atoms with van der Waals surface area (Å²) in [6, 6.07) is 15.7.